The van der Waals surface area contributed by atoms with Crippen LogP contribution in [0, 0.1) is 5.92 Å². The smallest absolute Gasteiger partial charge is 0.257 e. The molecule has 0 spiro atoms. The quantitative estimate of drug-likeness (QED) is 0.879. The molecule has 2 rings (SSSR count). The van der Waals surface area contributed by atoms with Crippen LogP contribution in [-0.4, -0.2) is 10.1 Å². The number of nitrogens with two attached hydrogens (primary N) is 1. The molecule has 1 heterocycles. The zero-order valence-electron chi connectivity index (χ0n) is 10.9. The third-order valence-electron chi connectivity index (χ3n) is 2.82. The number of hydrogen-bond donors (Lipinski definition) is 1. The summed E-state index contributed by atoms with van der Waals surface area (Å²) >= 11 is 0. The predicted octanol–water partition coefficient (Wildman–Crippen LogP) is 2.78. The highest BCUT2D eigenvalue weighted by atomic mass is 16.5. The molecular weight excluding hydrogens is 226 g/mol. The van der Waals surface area contributed by atoms with Gasteiger partial charge in [-0.1, -0.05) is 31.1 Å². The Morgan fingerprint density at radius 1 is 1.33 bits per heavy atom. The highest BCUT2D eigenvalue weighted by Crippen LogP contribution is 2.19. The van der Waals surface area contributed by atoms with Crippen molar-refractivity contribution in [3.05, 3.63) is 35.7 Å². The van der Waals surface area contributed by atoms with Crippen LogP contribution in [0.4, 0.5) is 0 Å². The van der Waals surface area contributed by atoms with Gasteiger partial charge in [-0.3, -0.25) is 0 Å². The third-order valence-corrected chi connectivity index (χ3v) is 2.82. The molecule has 0 bridgehead atoms. The largest absolute Gasteiger partial charge is 0.334 e. The lowest BCUT2D eigenvalue weighted by Crippen LogP contribution is -1.96. The first-order valence-electron chi connectivity index (χ1n) is 6.31. The van der Waals surface area contributed by atoms with Gasteiger partial charge in [0, 0.05) is 18.5 Å². The molecule has 0 atom stereocenters. The molecule has 2 aromatic rings. The van der Waals surface area contributed by atoms with Crippen LogP contribution in [0.5, 0.6) is 0 Å². The van der Waals surface area contributed by atoms with E-state index >= 15 is 0 Å². The zero-order valence-corrected chi connectivity index (χ0v) is 10.9. The van der Waals surface area contributed by atoms with E-state index in [0.717, 1.165) is 29.8 Å². The molecule has 0 aliphatic rings. The summed E-state index contributed by atoms with van der Waals surface area (Å²) in [6.45, 7) is 4.89. The van der Waals surface area contributed by atoms with Crippen LogP contribution in [-0.2, 0) is 13.0 Å². The van der Waals surface area contributed by atoms with E-state index in [2.05, 4.69) is 24.0 Å². The summed E-state index contributed by atoms with van der Waals surface area (Å²) in [5.41, 5.74) is 7.61. The van der Waals surface area contributed by atoms with Crippen LogP contribution in [0.1, 0.15) is 31.7 Å². The number of benzene rings is 1. The maximum Gasteiger partial charge on any atom is 0.257 e. The number of nitrogens with zero attached hydrogens (tertiary/aromatic N) is 2. The maximum atomic E-state index is 5.62. The fourth-order valence-corrected chi connectivity index (χ4v) is 1.72. The lowest BCUT2D eigenvalue weighted by molar-refractivity contribution is 0.419. The molecule has 0 fully saturated rings. The number of hydrogen-bond acceptors (Lipinski definition) is 4. The Kier molecular flexibility index (Phi) is 4.10. The van der Waals surface area contributed by atoms with Crippen molar-refractivity contribution in [2.45, 2.75) is 33.2 Å². The minimum Gasteiger partial charge on any atom is -0.334 e. The van der Waals surface area contributed by atoms with Gasteiger partial charge in [0.15, 0.2) is 5.82 Å². The first-order valence-corrected chi connectivity index (χ1v) is 6.31. The highest BCUT2D eigenvalue weighted by molar-refractivity contribution is 5.53. The minimum absolute atomic E-state index is 0.516. The van der Waals surface area contributed by atoms with Crippen molar-refractivity contribution in [1.82, 2.24) is 10.1 Å². The van der Waals surface area contributed by atoms with E-state index in [4.69, 9.17) is 10.3 Å². The molecule has 0 amide bonds. The summed E-state index contributed by atoms with van der Waals surface area (Å²) in [6.07, 6.45) is 1.93. The molecule has 1 aromatic carbocycles. The van der Waals surface area contributed by atoms with Crippen LogP contribution < -0.4 is 5.73 Å². The number of rotatable bonds is 5. The van der Waals surface area contributed by atoms with Crippen molar-refractivity contribution in [1.29, 1.82) is 0 Å². The van der Waals surface area contributed by atoms with E-state index in [0.29, 0.717) is 18.4 Å². The van der Waals surface area contributed by atoms with Gasteiger partial charge in [0.1, 0.15) is 0 Å². The lowest BCUT2D eigenvalue weighted by Gasteiger charge is -1.99. The molecule has 0 aliphatic carbocycles. The third kappa shape index (κ3) is 3.17. The Labute approximate surface area is 107 Å². The monoisotopic (exact) mass is 245 g/mol. The second kappa shape index (κ2) is 5.78. The Morgan fingerprint density at radius 3 is 2.89 bits per heavy atom. The summed E-state index contributed by atoms with van der Waals surface area (Å²) < 4.78 is 5.28. The van der Waals surface area contributed by atoms with Gasteiger partial charge < -0.3 is 10.3 Å². The Bertz CT molecular complexity index is 505. The van der Waals surface area contributed by atoms with E-state index in [-0.39, 0.29) is 0 Å². The average Bonchev–Trinajstić information content (AvgIpc) is 2.85. The molecule has 0 radical (unpaired) electrons. The Morgan fingerprint density at radius 2 is 2.17 bits per heavy atom. The van der Waals surface area contributed by atoms with E-state index in [9.17, 15) is 0 Å². The first-order chi connectivity index (χ1) is 8.69. The topological polar surface area (TPSA) is 64.9 Å². The van der Waals surface area contributed by atoms with Crippen LogP contribution >= 0.6 is 0 Å². The molecule has 4 nitrogen and oxygen atoms in total. The normalized spacial score (nSPS) is 11.1. The Hall–Kier alpha value is -1.68. The van der Waals surface area contributed by atoms with Crippen molar-refractivity contribution < 1.29 is 4.52 Å². The van der Waals surface area contributed by atoms with Gasteiger partial charge in [0.25, 0.3) is 5.89 Å². The highest BCUT2D eigenvalue weighted by Gasteiger charge is 2.09. The molecule has 2 N–H and O–H groups in total. The van der Waals surface area contributed by atoms with E-state index in [1.165, 1.54) is 0 Å². The second-order valence-electron chi connectivity index (χ2n) is 4.85. The van der Waals surface area contributed by atoms with Gasteiger partial charge in [-0.2, -0.15) is 4.98 Å². The van der Waals surface area contributed by atoms with Gasteiger partial charge in [-0.25, -0.2) is 0 Å². The van der Waals surface area contributed by atoms with E-state index in [1.54, 1.807) is 0 Å². The van der Waals surface area contributed by atoms with Gasteiger partial charge in [0.2, 0.25) is 0 Å². The predicted molar refractivity (Wildman–Crippen MR) is 70.8 cm³/mol. The molecule has 0 saturated carbocycles. The van der Waals surface area contributed by atoms with Crippen LogP contribution in [0.15, 0.2) is 28.8 Å². The Balaban J connectivity index is 2.13. The standard InChI is InChI=1S/C14H19N3O/c1-10(2)6-7-13-16-14(18-17-13)12-5-3-4-11(8-12)9-15/h3-5,8,10H,6-7,9,15H2,1-2H3. The number of aromatic nitrogens is 2. The van der Waals surface area contributed by atoms with Crippen LogP contribution in [0.2, 0.25) is 0 Å². The fourth-order valence-electron chi connectivity index (χ4n) is 1.72. The van der Waals surface area contributed by atoms with Crippen molar-refractivity contribution in [3.8, 4) is 11.5 Å². The van der Waals surface area contributed by atoms with Gasteiger partial charge in [-0.15, -0.1) is 0 Å². The second-order valence-corrected chi connectivity index (χ2v) is 4.85. The summed E-state index contributed by atoms with van der Waals surface area (Å²) in [5, 5.41) is 4.00. The maximum absolute atomic E-state index is 5.62. The summed E-state index contributed by atoms with van der Waals surface area (Å²) in [6, 6.07) is 7.88. The number of aryl methyl sites for hydroxylation is 1. The first kappa shape index (κ1) is 12.8. The molecule has 4 heteroatoms. The average molecular weight is 245 g/mol. The van der Waals surface area contributed by atoms with Gasteiger partial charge in [-0.05, 0) is 30.0 Å². The van der Waals surface area contributed by atoms with Crippen molar-refractivity contribution in [2.75, 3.05) is 0 Å². The summed E-state index contributed by atoms with van der Waals surface area (Å²) in [4.78, 5) is 4.41. The van der Waals surface area contributed by atoms with Crippen molar-refractivity contribution in [2.24, 2.45) is 11.7 Å². The molecule has 0 unspecified atom stereocenters. The van der Waals surface area contributed by atoms with E-state index in [1.807, 2.05) is 24.3 Å². The van der Waals surface area contributed by atoms with E-state index < -0.39 is 0 Å². The summed E-state index contributed by atoms with van der Waals surface area (Å²) in [7, 11) is 0. The van der Waals surface area contributed by atoms with Crippen LogP contribution in [0.25, 0.3) is 11.5 Å². The molecular formula is C14H19N3O. The molecule has 0 aliphatic heterocycles. The van der Waals surface area contributed by atoms with Gasteiger partial charge >= 0.3 is 0 Å². The van der Waals surface area contributed by atoms with Crippen molar-refractivity contribution in [3.63, 3.8) is 0 Å². The van der Waals surface area contributed by atoms with Crippen molar-refractivity contribution >= 4 is 0 Å². The molecule has 1 aromatic heterocycles. The fraction of sp³-hybridized carbons (Fsp3) is 0.429. The molecule has 18 heavy (non-hydrogen) atoms. The summed E-state index contributed by atoms with van der Waals surface area (Å²) in [5.74, 6) is 1.99. The van der Waals surface area contributed by atoms with Gasteiger partial charge in [0.05, 0.1) is 0 Å². The minimum atomic E-state index is 0.516. The zero-order chi connectivity index (χ0) is 13.0. The molecule has 0 saturated heterocycles. The van der Waals surface area contributed by atoms with Crippen LogP contribution in [0.3, 0.4) is 0 Å². The SMILES string of the molecule is CC(C)CCc1noc(-c2cccc(CN)c2)n1. The lowest BCUT2D eigenvalue weighted by atomic mass is 10.1. The molecule has 96 valence electrons.